The van der Waals surface area contributed by atoms with E-state index in [9.17, 15) is 18.0 Å². The van der Waals surface area contributed by atoms with Crippen molar-refractivity contribution in [2.75, 3.05) is 39.5 Å². The third-order valence-corrected chi connectivity index (χ3v) is 6.36. The average Bonchev–Trinajstić information content (AvgIpc) is 3.28. The molecule has 3 saturated heterocycles. The van der Waals surface area contributed by atoms with Crippen molar-refractivity contribution in [3.63, 3.8) is 0 Å². The Morgan fingerprint density at radius 2 is 1.69 bits per heavy atom. The number of piperidine rings is 1. The van der Waals surface area contributed by atoms with Crippen molar-refractivity contribution in [3.05, 3.63) is 35.4 Å². The van der Waals surface area contributed by atoms with Crippen molar-refractivity contribution in [2.45, 2.75) is 43.6 Å². The van der Waals surface area contributed by atoms with Crippen LogP contribution in [-0.4, -0.2) is 56.6 Å². The van der Waals surface area contributed by atoms with Crippen LogP contribution in [0.5, 0.6) is 0 Å². The number of likely N-dealkylation sites (tertiary alicyclic amines) is 1. The second-order valence-electron chi connectivity index (χ2n) is 8.01. The molecule has 0 aromatic heterocycles. The molecular weight excluding hydrogens is 387 g/mol. The van der Waals surface area contributed by atoms with Gasteiger partial charge in [0.15, 0.2) is 6.29 Å². The van der Waals surface area contributed by atoms with Crippen LogP contribution in [0.2, 0.25) is 0 Å². The van der Waals surface area contributed by atoms with E-state index in [1.165, 1.54) is 6.07 Å². The van der Waals surface area contributed by atoms with E-state index >= 15 is 0 Å². The first-order valence-electron chi connectivity index (χ1n) is 10.2. The Labute approximate surface area is 168 Å². The van der Waals surface area contributed by atoms with Gasteiger partial charge in [-0.1, -0.05) is 18.2 Å². The monoisotopic (exact) mass is 413 g/mol. The number of alkyl halides is 3. The molecule has 0 radical (unpaired) electrons. The number of carbonyl (C=O) groups excluding carboxylic acids is 1. The largest absolute Gasteiger partial charge is 0.416 e. The highest BCUT2D eigenvalue weighted by molar-refractivity contribution is 5.88. The fraction of sp³-hybridized carbons (Fsp3) is 0.667. The predicted molar refractivity (Wildman–Crippen MR) is 98.2 cm³/mol. The molecule has 0 unspecified atom stereocenters. The number of rotatable bonds is 3. The van der Waals surface area contributed by atoms with Gasteiger partial charge in [-0.25, -0.2) is 0 Å². The van der Waals surface area contributed by atoms with Gasteiger partial charge >= 0.3 is 6.18 Å². The molecule has 1 aromatic rings. The van der Waals surface area contributed by atoms with Crippen LogP contribution < -0.4 is 0 Å². The maximum Gasteiger partial charge on any atom is 0.416 e. The molecule has 0 N–H and O–H groups in total. The normalized spacial score (nSPS) is 24.0. The molecule has 8 heteroatoms. The Morgan fingerprint density at radius 1 is 1.03 bits per heavy atom. The maximum atomic E-state index is 13.6. The third-order valence-electron chi connectivity index (χ3n) is 6.36. The number of halogens is 3. The first kappa shape index (κ1) is 20.6. The molecule has 0 aliphatic carbocycles. The fourth-order valence-electron chi connectivity index (χ4n) is 4.67. The van der Waals surface area contributed by atoms with Crippen LogP contribution in [0.25, 0.3) is 0 Å². The first-order valence-corrected chi connectivity index (χ1v) is 10.2. The van der Waals surface area contributed by atoms with Crippen molar-refractivity contribution in [1.82, 2.24) is 4.90 Å². The van der Waals surface area contributed by atoms with Crippen molar-refractivity contribution >= 4 is 5.91 Å². The van der Waals surface area contributed by atoms with E-state index in [2.05, 4.69) is 0 Å². The molecule has 160 valence electrons. The summed E-state index contributed by atoms with van der Waals surface area (Å²) >= 11 is 0. The van der Waals surface area contributed by atoms with Gasteiger partial charge in [-0.2, -0.15) is 13.2 Å². The van der Waals surface area contributed by atoms with Gasteiger partial charge in [0.1, 0.15) is 0 Å². The number of amides is 1. The van der Waals surface area contributed by atoms with Crippen LogP contribution in [0.15, 0.2) is 24.3 Å². The van der Waals surface area contributed by atoms with Crippen LogP contribution in [0.1, 0.15) is 36.8 Å². The smallest absolute Gasteiger partial charge is 0.381 e. The number of hydrogen-bond acceptors (Lipinski definition) is 4. The summed E-state index contributed by atoms with van der Waals surface area (Å²) in [6.07, 6.45) is -2.32. The molecule has 5 nitrogen and oxygen atoms in total. The number of carbonyl (C=O) groups is 1. The van der Waals surface area contributed by atoms with Gasteiger partial charge in [0.05, 0.1) is 24.2 Å². The Morgan fingerprint density at radius 3 is 2.31 bits per heavy atom. The van der Waals surface area contributed by atoms with Crippen LogP contribution in [0.3, 0.4) is 0 Å². The summed E-state index contributed by atoms with van der Waals surface area (Å²) < 4.78 is 56.4. The highest BCUT2D eigenvalue weighted by Crippen LogP contribution is 2.40. The molecule has 3 aliphatic heterocycles. The molecule has 4 rings (SSSR count). The lowest BCUT2D eigenvalue weighted by molar-refractivity contribution is -0.146. The quantitative estimate of drug-likeness (QED) is 0.763. The van der Waals surface area contributed by atoms with Crippen molar-refractivity contribution < 1.29 is 32.2 Å². The van der Waals surface area contributed by atoms with E-state index < -0.39 is 17.2 Å². The third kappa shape index (κ3) is 4.15. The summed E-state index contributed by atoms with van der Waals surface area (Å²) in [6.45, 7) is 3.05. The maximum absolute atomic E-state index is 13.6. The lowest BCUT2D eigenvalue weighted by atomic mass is 9.72. The second kappa shape index (κ2) is 8.24. The van der Waals surface area contributed by atoms with E-state index in [-0.39, 0.29) is 18.1 Å². The minimum atomic E-state index is -4.44. The Hall–Kier alpha value is -1.64. The summed E-state index contributed by atoms with van der Waals surface area (Å²) in [5.41, 5.74) is -1.25. The lowest BCUT2D eigenvalue weighted by Crippen LogP contribution is -2.52. The fourth-order valence-corrected chi connectivity index (χ4v) is 4.67. The lowest BCUT2D eigenvalue weighted by Gasteiger charge is -2.43. The zero-order valence-electron chi connectivity index (χ0n) is 16.2. The van der Waals surface area contributed by atoms with Crippen molar-refractivity contribution in [1.29, 1.82) is 0 Å². The molecule has 0 atom stereocenters. The summed E-state index contributed by atoms with van der Waals surface area (Å²) in [7, 11) is 0. The summed E-state index contributed by atoms with van der Waals surface area (Å²) in [5, 5.41) is 0. The molecule has 3 aliphatic rings. The molecule has 3 heterocycles. The van der Waals surface area contributed by atoms with Gasteiger partial charge in [-0.05, 0) is 37.3 Å². The zero-order valence-corrected chi connectivity index (χ0v) is 16.2. The van der Waals surface area contributed by atoms with Gasteiger partial charge in [0, 0.05) is 32.2 Å². The van der Waals surface area contributed by atoms with Crippen molar-refractivity contribution in [3.8, 4) is 0 Å². The summed E-state index contributed by atoms with van der Waals surface area (Å²) in [5.74, 6) is 0.160. The van der Waals surface area contributed by atoms with Gasteiger partial charge in [-0.3, -0.25) is 4.79 Å². The molecule has 0 saturated carbocycles. The average molecular weight is 413 g/mol. The predicted octanol–water partition coefficient (Wildman–Crippen LogP) is 3.37. The SMILES string of the molecule is O=C(N1CCC(C2OCCO2)CC1)C1(c2cccc(C(F)(F)F)c2)CCOCC1. The minimum absolute atomic E-state index is 0.0909. The highest BCUT2D eigenvalue weighted by atomic mass is 19.4. The van der Waals surface area contributed by atoms with Crippen LogP contribution >= 0.6 is 0 Å². The number of nitrogens with zero attached hydrogens (tertiary/aromatic N) is 1. The van der Waals surface area contributed by atoms with Crippen molar-refractivity contribution in [2.24, 2.45) is 5.92 Å². The van der Waals surface area contributed by atoms with Crippen LogP contribution in [-0.2, 0) is 30.6 Å². The standard InChI is InChI=1S/C21H26F3NO4/c22-21(23,24)17-3-1-2-16(14-17)20(6-10-27-11-7-20)19(26)25-8-4-15(5-9-25)18-28-12-13-29-18/h1-3,14-15,18H,4-13H2. The Kier molecular flexibility index (Phi) is 5.86. The molecular formula is C21H26F3NO4. The second-order valence-corrected chi connectivity index (χ2v) is 8.01. The highest BCUT2D eigenvalue weighted by Gasteiger charge is 2.46. The van der Waals surface area contributed by atoms with Gasteiger partial charge in [-0.15, -0.1) is 0 Å². The Bertz CT molecular complexity index is 719. The molecule has 0 bridgehead atoms. The topological polar surface area (TPSA) is 48.0 Å². The van der Waals surface area contributed by atoms with Gasteiger partial charge in [0.25, 0.3) is 0 Å². The van der Waals surface area contributed by atoms with E-state index in [1.54, 1.807) is 11.0 Å². The number of benzene rings is 1. The molecule has 0 spiro atoms. The van der Waals surface area contributed by atoms with Crippen LogP contribution in [0.4, 0.5) is 13.2 Å². The molecule has 1 aromatic carbocycles. The molecule has 29 heavy (non-hydrogen) atoms. The molecule has 1 amide bonds. The molecule has 3 fully saturated rings. The van der Waals surface area contributed by atoms with E-state index in [0.717, 1.165) is 25.0 Å². The minimum Gasteiger partial charge on any atom is -0.381 e. The van der Waals surface area contributed by atoms with E-state index in [0.29, 0.717) is 57.9 Å². The zero-order chi connectivity index (χ0) is 20.5. The summed E-state index contributed by atoms with van der Waals surface area (Å²) in [6, 6.07) is 5.22. The van der Waals surface area contributed by atoms with E-state index in [4.69, 9.17) is 14.2 Å². The number of ether oxygens (including phenoxy) is 3. The Balaban J connectivity index is 1.54. The van der Waals surface area contributed by atoms with E-state index in [1.807, 2.05) is 0 Å². The summed E-state index contributed by atoms with van der Waals surface area (Å²) in [4.78, 5) is 15.4. The van der Waals surface area contributed by atoms with Crippen LogP contribution in [0, 0.1) is 5.92 Å². The van der Waals surface area contributed by atoms with Gasteiger partial charge < -0.3 is 19.1 Å². The van der Waals surface area contributed by atoms with Gasteiger partial charge in [0.2, 0.25) is 5.91 Å². The first-order chi connectivity index (χ1) is 13.9. The number of hydrogen-bond donors (Lipinski definition) is 0.